The van der Waals surface area contributed by atoms with Gasteiger partial charge in [-0.2, -0.15) is 0 Å². The number of aromatic nitrogens is 1. The maximum atomic E-state index is 13.2. The number of aliphatic hydroxyl groups is 1. The second kappa shape index (κ2) is 10.2. The van der Waals surface area contributed by atoms with E-state index in [0.717, 1.165) is 29.0 Å². The normalized spacial score (nSPS) is 14.9. The zero-order valence-electron chi connectivity index (χ0n) is 17.5. The lowest BCUT2D eigenvalue weighted by Crippen LogP contribution is -2.23. The number of anilines is 1. The lowest BCUT2D eigenvalue weighted by Gasteiger charge is -2.21. The van der Waals surface area contributed by atoms with Crippen molar-refractivity contribution in [3.63, 3.8) is 0 Å². The molecule has 3 aromatic rings. The number of aliphatic hydroxyl groups excluding tert-OH is 1. The minimum Gasteiger partial charge on any atom is -0.457 e. The van der Waals surface area contributed by atoms with Gasteiger partial charge in [-0.3, -0.25) is 4.79 Å². The van der Waals surface area contributed by atoms with Crippen LogP contribution < -0.4 is 10.1 Å². The summed E-state index contributed by atoms with van der Waals surface area (Å²) in [7, 11) is 0. The van der Waals surface area contributed by atoms with Crippen molar-refractivity contribution in [1.29, 1.82) is 0 Å². The Kier molecular flexibility index (Phi) is 6.95. The SMILES string of the molecule is O=C(Nc1ccc(CO)cn1)C(CC1CCCC1)c1ccc(Oc2ccccc2)cc1. The molecule has 160 valence electrons. The minimum atomic E-state index is -0.242. The molecule has 1 atom stereocenters. The highest BCUT2D eigenvalue weighted by atomic mass is 16.5. The highest BCUT2D eigenvalue weighted by Gasteiger charge is 2.27. The quantitative estimate of drug-likeness (QED) is 0.496. The zero-order valence-corrected chi connectivity index (χ0v) is 17.5. The molecule has 2 aromatic carbocycles. The van der Waals surface area contributed by atoms with Crippen LogP contribution in [0.1, 0.15) is 49.1 Å². The number of nitrogens with zero attached hydrogens (tertiary/aromatic N) is 1. The number of carbonyl (C=O) groups is 1. The first-order valence-corrected chi connectivity index (χ1v) is 10.9. The molecule has 5 heteroatoms. The molecule has 0 spiro atoms. The second-order valence-electron chi connectivity index (χ2n) is 8.12. The van der Waals surface area contributed by atoms with Crippen molar-refractivity contribution >= 4 is 11.7 Å². The van der Waals surface area contributed by atoms with Gasteiger partial charge in [-0.1, -0.05) is 62.1 Å². The highest BCUT2D eigenvalue weighted by Crippen LogP contribution is 2.35. The molecule has 0 radical (unpaired) electrons. The van der Waals surface area contributed by atoms with Crippen LogP contribution in [0.25, 0.3) is 0 Å². The van der Waals surface area contributed by atoms with Gasteiger partial charge in [0, 0.05) is 6.20 Å². The van der Waals surface area contributed by atoms with E-state index in [1.165, 1.54) is 25.7 Å². The number of hydrogen-bond acceptors (Lipinski definition) is 4. The minimum absolute atomic E-state index is 0.0483. The van der Waals surface area contributed by atoms with Crippen molar-refractivity contribution in [3.05, 3.63) is 84.1 Å². The van der Waals surface area contributed by atoms with Gasteiger partial charge in [0.1, 0.15) is 17.3 Å². The monoisotopic (exact) mass is 416 g/mol. The summed E-state index contributed by atoms with van der Waals surface area (Å²) in [6, 6.07) is 21.0. The maximum Gasteiger partial charge on any atom is 0.233 e. The van der Waals surface area contributed by atoms with Crippen molar-refractivity contribution in [3.8, 4) is 11.5 Å². The summed E-state index contributed by atoms with van der Waals surface area (Å²) in [5.41, 5.74) is 1.70. The molecule has 0 saturated heterocycles. The van der Waals surface area contributed by atoms with E-state index in [2.05, 4.69) is 10.3 Å². The molecule has 4 rings (SSSR count). The molecule has 0 aliphatic heterocycles. The van der Waals surface area contributed by atoms with Gasteiger partial charge in [-0.15, -0.1) is 0 Å². The standard InChI is InChI=1S/C26H28N2O3/c29-18-20-10-15-25(27-17-20)28-26(30)24(16-19-6-4-5-7-19)21-11-13-23(14-12-21)31-22-8-2-1-3-9-22/h1-3,8-15,17,19,24,29H,4-7,16,18H2,(H,27,28,30). The molecule has 1 heterocycles. The molecule has 2 N–H and O–H groups in total. The number of benzene rings is 2. The molecule has 31 heavy (non-hydrogen) atoms. The van der Waals surface area contributed by atoms with Crippen LogP contribution in [-0.4, -0.2) is 16.0 Å². The zero-order chi connectivity index (χ0) is 21.5. The van der Waals surface area contributed by atoms with Crippen LogP contribution in [0.5, 0.6) is 11.5 Å². The molecule has 1 fully saturated rings. The van der Waals surface area contributed by atoms with Crippen LogP contribution in [0.2, 0.25) is 0 Å². The van der Waals surface area contributed by atoms with Crippen molar-refractivity contribution in [2.45, 2.75) is 44.6 Å². The lowest BCUT2D eigenvalue weighted by atomic mass is 9.87. The second-order valence-corrected chi connectivity index (χ2v) is 8.12. The Bertz CT molecular complexity index is 966. The van der Waals surface area contributed by atoms with Gasteiger partial charge in [0.05, 0.1) is 12.5 Å². The van der Waals surface area contributed by atoms with E-state index in [-0.39, 0.29) is 18.4 Å². The molecular formula is C26H28N2O3. The summed E-state index contributed by atoms with van der Waals surface area (Å²) in [5.74, 6) is 2.31. The van der Waals surface area contributed by atoms with Gasteiger partial charge >= 0.3 is 0 Å². The summed E-state index contributed by atoms with van der Waals surface area (Å²) in [4.78, 5) is 17.4. The fourth-order valence-corrected chi connectivity index (χ4v) is 4.17. The van der Waals surface area contributed by atoms with Crippen molar-refractivity contribution in [1.82, 2.24) is 4.98 Å². The Balaban J connectivity index is 1.50. The van der Waals surface area contributed by atoms with E-state index < -0.39 is 0 Å². The van der Waals surface area contributed by atoms with Gasteiger partial charge in [0.2, 0.25) is 5.91 Å². The molecule has 1 aliphatic rings. The third kappa shape index (κ3) is 5.70. The van der Waals surface area contributed by atoms with Gasteiger partial charge in [0.15, 0.2) is 0 Å². The van der Waals surface area contributed by atoms with Gasteiger partial charge in [0.25, 0.3) is 0 Å². The summed E-state index contributed by atoms with van der Waals surface area (Å²) in [5, 5.41) is 12.1. The van der Waals surface area contributed by atoms with Gasteiger partial charge in [-0.05, 0) is 53.8 Å². The van der Waals surface area contributed by atoms with Gasteiger partial charge < -0.3 is 15.2 Å². The number of amides is 1. The first-order chi connectivity index (χ1) is 15.2. The molecule has 1 unspecified atom stereocenters. The first kappa shape index (κ1) is 21.1. The van der Waals surface area contributed by atoms with E-state index in [0.29, 0.717) is 11.7 Å². The Morgan fingerprint density at radius 1 is 1.00 bits per heavy atom. The number of hydrogen-bond donors (Lipinski definition) is 2. The fourth-order valence-electron chi connectivity index (χ4n) is 4.17. The van der Waals surface area contributed by atoms with Crippen molar-refractivity contribution < 1.29 is 14.6 Å². The largest absolute Gasteiger partial charge is 0.457 e. The topological polar surface area (TPSA) is 71.5 Å². The lowest BCUT2D eigenvalue weighted by molar-refractivity contribution is -0.118. The molecule has 1 saturated carbocycles. The number of ether oxygens (including phenoxy) is 1. The fraction of sp³-hybridized carbons (Fsp3) is 0.308. The third-order valence-corrected chi connectivity index (χ3v) is 5.88. The number of carbonyl (C=O) groups excluding carboxylic acids is 1. The smallest absolute Gasteiger partial charge is 0.233 e. The van der Waals surface area contributed by atoms with Crippen molar-refractivity contribution in [2.24, 2.45) is 5.92 Å². The Morgan fingerprint density at radius 3 is 2.35 bits per heavy atom. The molecule has 1 aromatic heterocycles. The van der Waals surface area contributed by atoms with Gasteiger partial charge in [-0.25, -0.2) is 4.98 Å². The van der Waals surface area contributed by atoms with E-state index >= 15 is 0 Å². The summed E-state index contributed by atoms with van der Waals surface area (Å²) < 4.78 is 5.89. The molecule has 1 aliphatic carbocycles. The summed E-state index contributed by atoms with van der Waals surface area (Å²) in [6.07, 6.45) is 7.27. The summed E-state index contributed by atoms with van der Waals surface area (Å²) >= 11 is 0. The molecule has 1 amide bonds. The van der Waals surface area contributed by atoms with E-state index in [1.54, 1.807) is 18.3 Å². The van der Waals surface area contributed by atoms with Crippen molar-refractivity contribution in [2.75, 3.05) is 5.32 Å². The summed E-state index contributed by atoms with van der Waals surface area (Å²) in [6.45, 7) is -0.0665. The van der Waals surface area contributed by atoms with Crippen LogP contribution in [0.15, 0.2) is 72.9 Å². The highest BCUT2D eigenvalue weighted by molar-refractivity contribution is 5.95. The maximum absolute atomic E-state index is 13.2. The van der Waals surface area contributed by atoms with E-state index in [4.69, 9.17) is 4.74 Å². The average Bonchev–Trinajstić information content (AvgIpc) is 3.33. The molecule has 0 bridgehead atoms. The number of rotatable bonds is 8. The molecular weight excluding hydrogens is 388 g/mol. The molecule has 5 nitrogen and oxygen atoms in total. The van der Waals surface area contributed by atoms with Crippen LogP contribution in [0.3, 0.4) is 0 Å². The average molecular weight is 417 g/mol. The third-order valence-electron chi connectivity index (χ3n) is 5.88. The van der Waals surface area contributed by atoms with E-state index in [1.807, 2.05) is 54.6 Å². The Hall–Kier alpha value is -3.18. The van der Waals surface area contributed by atoms with Crippen LogP contribution >= 0.6 is 0 Å². The van der Waals surface area contributed by atoms with Crippen LogP contribution in [-0.2, 0) is 11.4 Å². The Labute approximate surface area is 183 Å². The van der Waals surface area contributed by atoms with Crippen LogP contribution in [0.4, 0.5) is 5.82 Å². The predicted octanol–water partition coefficient (Wildman–Crippen LogP) is 5.67. The Morgan fingerprint density at radius 2 is 1.71 bits per heavy atom. The number of pyridine rings is 1. The predicted molar refractivity (Wildman–Crippen MR) is 121 cm³/mol. The van der Waals surface area contributed by atoms with E-state index in [9.17, 15) is 9.90 Å². The number of para-hydroxylation sites is 1. The first-order valence-electron chi connectivity index (χ1n) is 10.9. The van der Waals surface area contributed by atoms with Crippen LogP contribution in [0, 0.1) is 5.92 Å². The number of nitrogens with one attached hydrogen (secondary N) is 1.